The second-order valence-corrected chi connectivity index (χ2v) is 12.3. The normalized spacial score (nSPS) is 19.5. The van der Waals surface area contributed by atoms with E-state index < -0.39 is 0 Å². The van der Waals surface area contributed by atoms with Crippen LogP contribution in [0.15, 0.2) is 125 Å². The minimum absolute atomic E-state index is 0.0944. The van der Waals surface area contributed by atoms with Gasteiger partial charge < -0.3 is 4.74 Å². The van der Waals surface area contributed by atoms with Crippen molar-refractivity contribution in [1.29, 1.82) is 0 Å². The third-order valence-corrected chi connectivity index (χ3v) is 8.18. The summed E-state index contributed by atoms with van der Waals surface area (Å²) >= 11 is 0. The molecule has 2 rings (SSSR count). The van der Waals surface area contributed by atoms with Crippen LogP contribution < -0.4 is 0 Å². The second-order valence-electron chi connectivity index (χ2n) is 12.3. The molecule has 0 heterocycles. The van der Waals surface area contributed by atoms with Crippen LogP contribution in [-0.4, -0.2) is 19.0 Å². The van der Waals surface area contributed by atoms with E-state index in [4.69, 9.17) is 4.74 Å². The van der Waals surface area contributed by atoms with Gasteiger partial charge >= 0.3 is 0 Å². The van der Waals surface area contributed by atoms with Gasteiger partial charge in [0, 0.05) is 7.11 Å². The number of ether oxygens (including phenoxy) is 1. The molecule has 0 aliphatic heterocycles. The zero-order chi connectivity index (χ0) is 32.2. The number of benzene rings is 1. The summed E-state index contributed by atoms with van der Waals surface area (Å²) in [6, 6.07) is 4.38. The first-order valence-electron chi connectivity index (χ1n) is 15.2. The van der Waals surface area contributed by atoms with Gasteiger partial charge in [0.05, 0.1) is 0 Å². The van der Waals surface area contributed by atoms with Crippen LogP contribution in [-0.2, 0) is 9.53 Å². The molecule has 1 aromatic carbocycles. The van der Waals surface area contributed by atoms with E-state index in [9.17, 15) is 4.79 Å². The van der Waals surface area contributed by atoms with E-state index in [1.54, 1.807) is 7.11 Å². The van der Waals surface area contributed by atoms with Gasteiger partial charge in [-0.1, -0.05) is 133 Å². The Kier molecular flexibility index (Phi) is 13.8. The number of ketones is 1. The largest absolute Gasteiger partial charge is 0.373 e. The Balaban J connectivity index is 1.93. The highest BCUT2D eigenvalue weighted by Crippen LogP contribution is 2.40. The Labute approximate surface area is 262 Å². The Morgan fingerprint density at radius 2 is 1.21 bits per heavy atom. The van der Waals surface area contributed by atoms with Gasteiger partial charge in [0.25, 0.3) is 0 Å². The zero-order valence-electron chi connectivity index (χ0n) is 28.3. The number of allylic oxidation sites excluding steroid dienone is 18. The van der Waals surface area contributed by atoms with Gasteiger partial charge in [0.15, 0.2) is 5.78 Å². The highest BCUT2D eigenvalue weighted by molar-refractivity contribution is 6.00. The highest BCUT2D eigenvalue weighted by Gasteiger charge is 2.37. The summed E-state index contributed by atoms with van der Waals surface area (Å²) in [5.41, 5.74) is 11.8. The third kappa shape index (κ3) is 11.1. The number of hydrogen-bond donors (Lipinski definition) is 0. The van der Waals surface area contributed by atoms with Gasteiger partial charge in [-0.05, 0) is 101 Å². The van der Waals surface area contributed by atoms with Crippen LogP contribution in [0.3, 0.4) is 0 Å². The molecule has 0 aromatic heterocycles. The van der Waals surface area contributed by atoms with E-state index in [0.717, 1.165) is 16.7 Å². The van der Waals surface area contributed by atoms with Crippen molar-refractivity contribution in [2.75, 3.05) is 7.11 Å². The lowest BCUT2D eigenvalue weighted by Gasteiger charge is -2.36. The van der Waals surface area contributed by atoms with Gasteiger partial charge in [-0.3, -0.25) is 4.79 Å². The molecule has 1 aliphatic carbocycles. The summed E-state index contributed by atoms with van der Waals surface area (Å²) in [5, 5.41) is 0. The molecule has 0 spiro atoms. The van der Waals surface area contributed by atoms with Crippen molar-refractivity contribution in [3.8, 4) is 0 Å². The van der Waals surface area contributed by atoms with Crippen molar-refractivity contribution in [1.82, 2.24) is 0 Å². The Morgan fingerprint density at radius 1 is 0.721 bits per heavy atom. The molecular weight excluding hydrogens is 524 g/mol. The standard InChI is InChI=1S/C41H52O2/c1-29(18-14-20-31(3)22-25-37-26-24-33(5)34(6)35(37)7)16-12-13-17-30(2)19-15-21-32(4)23-27-38-36(8)40(42)39(43-11)28-41(38,9)10/h12-27,39H,28H2,1-11H3/b13-12+,18-14+,19-15+,25-22+,27-23+,29-16+,30-17+,31-20+,32-21+/t39-/m1/s1. The number of methoxy groups -OCH3 is 1. The number of Topliss-reactive ketones (excluding diaryl/α,β-unsaturated/α-hetero) is 1. The van der Waals surface area contributed by atoms with Crippen LogP contribution in [0.4, 0.5) is 0 Å². The first kappa shape index (κ1) is 35.4. The van der Waals surface area contributed by atoms with Gasteiger partial charge in [-0.25, -0.2) is 0 Å². The van der Waals surface area contributed by atoms with Gasteiger partial charge in [0.2, 0.25) is 0 Å². The summed E-state index contributed by atoms with van der Waals surface area (Å²) < 4.78 is 5.41. The molecule has 0 radical (unpaired) electrons. The quantitative estimate of drug-likeness (QED) is 0.245. The van der Waals surface area contributed by atoms with Crippen LogP contribution >= 0.6 is 0 Å². The van der Waals surface area contributed by atoms with Gasteiger partial charge in [-0.2, -0.15) is 0 Å². The van der Waals surface area contributed by atoms with Crippen LogP contribution in [0.5, 0.6) is 0 Å². The first-order chi connectivity index (χ1) is 20.3. The van der Waals surface area contributed by atoms with Crippen molar-refractivity contribution < 1.29 is 9.53 Å². The maximum absolute atomic E-state index is 12.6. The molecule has 2 nitrogen and oxygen atoms in total. The number of carbonyl (C=O) groups excluding carboxylic acids is 1. The fraction of sp³-hybridized carbons (Fsp3) is 0.341. The zero-order valence-corrected chi connectivity index (χ0v) is 28.3. The summed E-state index contributed by atoms with van der Waals surface area (Å²) in [4.78, 5) is 12.6. The van der Waals surface area contributed by atoms with E-state index in [0.29, 0.717) is 6.42 Å². The lowest BCUT2D eigenvalue weighted by atomic mass is 9.71. The van der Waals surface area contributed by atoms with Crippen LogP contribution in [0.25, 0.3) is 6.08 Å². The Bertz CT molecular complexity index is 1470. The van der Waals surface area contributed by atoms with E-state index >= 15 is 0 Å². The van der Waals surface area contributed by atoms with Crippen LogP contribution in [0.1, 0.15) is 77.1 Å². The molecule has 0 fully saturated rings. The molecule has 0 bridgehead atoms. The molecule has 1 atom stereocenters. The van der Waals surface area contributed by atoms with Gasteiger partial charge in [0.1, 0.15) is 6.10 Å². The molecule has 0 saturated carbocycles. The summed E-state index contributed by atoms with van der Waals surface area (Å²) in [6.45, 7) is 21.2. The maximum atomic E-state index is 12.6. The summed E-state index contributed by atoms with van der Waals surface area (Å²) in [7, 11) is 1.61. The van der Waals surface area contributed by atoms with Crippen molar-refractivity contribution in [2.45, 2.75) is 81.8 Å². The van der Waals surface area contributed by atoms with Crippen LogP contribution in [0, 0.1) is 26.2 Å². The second kappa shape index (κ2) is 16.8. The molecule has 43 heavy (non-hydrogen) atoms. The number of aryl methyl sites for hydroxylation is 1. The molecular formula is C41H52O2. The van der Waals surface area contributed by atoms with Crippen molar-refractivity contribution >= 4 is 11.9 Å². The molecule has 0 unspecified atom stereocenters. The average Bonchev–Trinajstić information content (AvgIpc) is 2.95. The van der Waals surface area contributed by atoms with Crippen molar-refractivity contribution in [3.05, 3.63) is 147 Å². The molecule has 1 aliphatic rings. The average molecular weight is 577 g/mol. The SMILES string of the molecule is CO[C@@H]1CC(C)(C)C(/C=C/C(C)=C/C=C/C(C)=C/C=C/C=C(C)/C=C/C=C(C)/C=C/c2ccc(C)c(C)c2C)=C(C)C1=O. The fourth-order valence-electron chi connectivity index (χ4n) is 5.02. The molecule has 0 saturated heterocycles. The summed E-state index contributed by atoms with van der Waals surface area (Å²) in [5.74, 6) is 0.0944. The third-order valence-electron chi connectivity index (χ3n) is 8.18. The number of rotatable bonds is 11. The summed E-state index contributed by atoms with van der Waals surface area (Å²) in [6.07, 6.45) is 29.9. The van der Waals surface area contributed by atoms with Crippen molar-refractivity contribution in [2.24, 2.45) is 5.41 Å². The highest BCUT2D eigenvalue weighted by atomic mass is 16.5. The molecule has 228 valence electrons. The topological polar surface area (TPSA) is 26.3 Å². The van der Waals surface area contributed by atoms with Crippen LogP contribution in [0.2, 0.25) is 0 Å². The molecule has 1 aromatic rings. The number of hydrogen-bond acceptors (Lipinski definition) is 2. The monoisotopic (exact) mass is 576 g/mol. The van der Waals surface area contributed by atoms with E-state index in [-0.39, 0.29) is 17.3 Å². The number of carbonyl (C=O) groups is 1. The first-order valence-corrected chi connectivity index (χ1v) is 15.2. The lowest BCUT2D eigenvalue weighted by Crippen LogP contribution is -2.37. The lowest BCUT2D eigenvalue weighted by molar-refractivity contribution is -0.127. The minimum Gasteiger partial charge on any atom is -0.373 e. The fourth-order valence-corrected chi connectivity index (χ4v) is 5.02. The van der Waals surface area contributed by atoms with Crippen molar-refractivity contribution in [3.63, 3.8) is 0 Å². The van der Waals surface area contributed by atoms with Gasteiger partial charge in [-0.15, -0.1) is 0 Å². The molecule has 0 N–H and O–H groups in total. The van der Waals surface area contributed by atoms with E-state index in [2.05, 4.69) is 160 Å². The predicted octanol–water partition coefficient (Wildman–Crippen LogP) is 11.0. The van der Waals surface area contributed by atoms with E-state index in [1.807, 2.05) is 6.92 Å². The predicted molar refractivity (Wildman–Crippen MR) is 188 cm³/mol. The Morgan fingerprint density at radius 3 is 1.74 bits per heavy atom. The Hall–Kier alpha value is -3.75. The van der Waals surface area contributed by atoms with E-state index in [1.165, 1.54) is 39.0 Å². The minimum atomic E-state index is -0.343. The maximum Gasteiger partial charge on any atom is 0.187 e. The molecule has 2 heteroatoms. The smallest absolute Gasteiger partial charge is 0.187 e. The molecule has 0 amide bonds.